The number of aryl methyl sites for hydroxylation is 2. The fraction of sp³-hybridized carbons (Fsp3) is 0.160. The first-order valence-corrected chi connectivity index (χ1v) is 10.9. The van der Waals surface area contributed by atoms with Gasteiger partial charge in [-0.15, -0.1) is 0 Å². The van der Waals surface area contributed by atoms with Crippen LogP contribution in [0.25, 0.3) is 5.95 Å². The van der Waals surface area contributed by atoms with E-state index in [4.69, 9.17) is 4.74 Å². The summed E-state index contributed by atoms with van der Waals surface area (Å²) in [5.74, 6) is -1.03. The molecule has 0 saturated carbocycles. The second-order valence-corrected chi connectivity index (χ2v) is 7.62. The lowest BCUT2D eigenvalue weighted by molar-refractivity contribution is 0.0526. The number of carbonyl (C=O) groups excluding carboxylic acids is 2. The number of para-hydroxylation sites is 1. The van der Waals surface area contributed by atoms with Gasteiger partial charge in [0.1, 0.15) is 11.4 Å². The summed E-state index contributed by atoms with van der Waals surface area (Å²) in [4.78, 5) is 34.4. The number of amides is 1. The topological polar surface area (TPSA) is 111 Å². The third kappa shape index (κ3) is 5.32. The molecule has 178 valence electrons. The Morgan fingerprint density at radius 3 is 2.49 bits per heavy atom. The van der Waals surface area contributed by atoms with Crippen LogP contribution in [0.2, 0.25) is 0 Å². The highest BCUT2D eigenvalue weighted by Crippen LogP contribution is 2.25. The van der Waals surface area contributed by atoms with Crippen LogP contribution in [0.5, 0.6) is 0 Å². The van der Waals surface area contributed by atoms with Gasteiger partial charge in [-0.1, -0.05) is 12.1 Å². The molecule has 0 aliphatic heterocycles. The van der Waals surface area contributed by atoms with Crippen molar-refractivity contribution in [2.45, 2.75) is 20.8 Å². The van der Waals surface area contributed by atoms with Crippen molar-refractivity contribution < 1.29 is 18.7 Å². The van der Waals surface area contributed by atoms with Crippen LogP contribution in [-0.2, 0) is 4.74 Å². The summed E-state index contributed by atoms with van der Waals surface area (Å²) < 4.78 is 19.9. The molecule has 0 saturated heterocycles. The minimum absolute atomic E-state index is 0.103. The van der Waals surface area contributed by atoms with E-state index in [-0.39, 0.29) is 29.5 Å². The summed E-state index contributed by atoms with van der Waals surface area (Å²) in [7, 11) is 0. The minimum atomic E-state index is -0.608. The molecule has 1 amide bonds. The van der Waals surface area contributed by atoms with E-state index in [0.29, 0.717) is 11.4 Å². The molecule has 2 aromatic heterocycles. The zero-order chi connectivity index (χ0) is 24.9. The van der Waals surface area contributed by atoms with Crippen molar-refractivity contribution in [3.8, 4) is 5.95 Å². The van der Waals surface area contributed by atoms with Crippen LogP contribution in [0.15, 0.2) is 60.8 Å². The first kappa shape index (κ1) is 23.6. The van der Waals surface area contributed by atoms with Gasteiger partial charge >= 0.3 is 5.97 Å². The molecule has 0 spiro atoms. The van der Waals surface area contributed by atoms with Crippen LogP contribution in [-0.4, -0.2) is 38.2 Å². The van der Waals surface area contributed by atoms with Gasteiger partial charge in [0.15, 0.2) is 5.82 Å². The smallest absolute Gasteiger partial charge is 0.343 e. The fourth-order valence-electron chi connectivity index (χ4n) is 3.41. The number of nitrogens with zero attached hydrogens (tertiary/aromatic N) is 4. The number of hydrogen-bond donors (Lipinski definition) is 2. The Labute approximate surface area is 201 Å². The Morgan fingerprint density at radius 2 is 1.80 bits per heavy atom. The van der Waals surface area contributed by atoms with Gasteiger partial charge in [-0.2, -0.15) is 10.1 Å². The molecule has 9 nitrogen and oxygen atoms in total. The van der Waals surface area contributed by atoms with Crippen molar-refractivity contribution in [3.05, 3.63) is 89.1 Å². The van der Waals surface area contributed by atoms with Gasteiger partial charge in [-0.05, 0) is 63.2 Å². The van der Waals surface area contributed by atoms with Crippen LogP contribution in [0, 0.1) is 19.7 Å². The molecule has 0 atom stereocenters. The molecular formula is C25H23FN6O3. The van der Waals surface area contributed by atoms with Crippen molar-refractivity contribution in [1.29, 1.82) is 0 Å². The summed E-state index contributed by atoms with van der Waals surface area (Å²) in [5, 5.41) is 10.2. The molecule has 2 aromatic carbocycles. The van der Waals surface area contributed by atoms with E-state index >= 15 is 0 Å². The molecule has 10 heteroatoms. The third-order valence-corrected chi connectivity index (χ3v) is 5.00. The lowest BCUT2D eigenvalue weighted by atomic mass is 10.1. The molecule has 4 aromatic rings. The molecule has 0 bridgehead atoms. The van der Waals surface area contributed by atoms with Crippen LogP contribution in [0.1, 0.15) is 39.0 Å². The molecule has 2 N–H and O–H groups in total. The first-order valence-electron chi connectivity index (χ1n) is 10.9. The Hall–Kier alpha value is -4.60. The maximum Gasteiger partial charge on any atom is 0.343 e. The van der Waals surface area contributed by atoms with Crippen LogP contribution < -0.4 is 10.6 Å². The normalized spacial score (nSPS) is 10.6. The average Bonchev–Trinajstić information content (AvgIpc) is 3.18. The molecule has 0 fully saturated rings. The predicted molar refractivity (Wildman–Crippen MR) is 129 cm³/mol. The highest BCUT2D eigenvalue weighted by Gasteiger charge is 2.20. The van der Waals surface area contributed by atoms with E-state index < -0.39 is 17.7 Å². The van der Waals surface area contributed by atoms with Crippen molar-refractivity contribution >= 4 is 29.1 Å². The molecule has 0 unspecified atom stereocenters. The second-order valence-electron chi connectivity index (χ2n) is 7.62. The van der Waals surface area contributed by atoms with Crippen molar-refractivity contribution in [2.75, 3.05) is 17.2 Å². The number of benzene rings is 2. The van der Waals surface area contributed by atoms with Crippen molar-refractivity contribution in [2.24, 2.45) is 0 Å². The van der Waals surface area contributed by atoms with Gasteiger partial charge in [-0.25, -0.2) is 18.9 Å². The number of esters is 1. The number of nitrogens with one attached hydrogen (secondary N) is 2. The highest BCUT2D eigenvalue weighted by molar-refractivity contribution is 6.08. The van der Waals surface area contributed by atoms with E-state index in [1.165, 1.54) is 30.5 Å². The maximum absolute atomic E-state index is 13.2. The van der Waals surface area contributed by atoms with E-state index in [9.17, 15) is 14.0 Å². The summed E-state index contributed by atoms with van der Waals surface area (Å²) in [5.41, 5.74) is 2.83. The molecule has 0 aliphatic rings. The monoisotopic (exact) mass is 474 g/mol. The first-order chi connectivity index (χ1) is 16.9. The Bertz CT molecular complexity index is 1380. The molecular weight excluding hydrogens is 451 g/mol. The average molecular weight is 474 g/mol. The second kappa shape index (κ2) is 10.1. The van der Waals surface area contributed by atoms with Crippen LogP contribution in [0.4, 0.5) is 21.6 Å². The van der Waals surface area contributed by atoms with E-state index in [1.807, 2.05) is 19.9 Å². The third-order valence-electron chi connectivity index (χ3n) is 5.00. The van der Waals surface area contributed by atoms with Gasteiger partial charge in [0.25, 0.3) is 11.9 Å². The van der Waals surface area contributed by atoms with E-state index in [1.54, 1.807) is 35.9 Å². The largest absolute Gasteiger partial charge is 0.462 e. The summed E-state index contributed by atoms with van der Waals surface area (Å²) in [6, 6.07) is 14.1. The van der Waals surface area contributed by atoms with Gasteiger partial charge in [-0.3, -0.25) is 4.79 Å². The number of anilines is 3. The quantitative estimate of drug-likeness (QED) is 0.377. The number of ether oxygens (including phenoxy) is 1. The standard InChI is InChI=1S/C25H23FN6O3/c1-4-35-24(34)20-14-27-25(32-16(3)13-15(2)31-32)30-22(20)29-21-8-6-5-7-19(21)23(33)28-18-11-9-17(26)10-12-18/h5-14H,4H2,1-3H3,(H,28,33)(H,27,29,30). The zero-order valence-electron chi connectivity index (χ0n) is 19.4. The highest BCUT2D eigenvalue weighted by atomic mass is 19.1. The molecule has 35 heavy (non-hydrogen) atoms. The summed E-state index contributed by atoms with van der Waals surface area (Å²) >= 11 is 0. The fourth-order valence-corrected chi connectivity index (χ4v) is 3.41. The van der Waals surface area contributed by atoms with Gasteiger partial charge in [0, 0.05) is 17.6 Å². The Morgan fingerprint density at radius 1 is 1.06 bits per heavy atom. The number of aromatic nitrogens is 4. The molecule has 4 rings (SSSR count). The minimum Gasteiger partial charge on any atom is -0.462 e. The van der Waals surface area contributed by atoms with Gasteiger partial charge in [0.05, 0.1) is 23.6 Å². The van der Waals surface area contributed by atoms with Crippen LogP contribution in [0.3, 0.4) is 0 Å². The molecule has 2 heterocycles. The lowest BCUT2D eigenvalue weighted by Crippen LogP contribution is -2.16. The number of halogens is 1. The summed E-state index contributed by atoms with van der Waals surface area (Å²) in [6.45, 7) is 5.59. The van der Waals surface area contributed by atoms with Crippen molar-refractivity contribution in [3.63, 3.8) is 0 Å². The molecule has 0 aliphatic carbocycles. The number of rotatable bonds is 7. The van der Waals surface area contributed by atoms with Gasteiger partial charge in [0.2, 0.25) is 0 Å². The maximum atomic E-state index is 13.2. The van der Waals surface area contributed by atoms with Crippen LogP contribution >= 0.6 is 0 Å². The van der Waals surface area contributed by atoms with Gasteiger partial charge < -0.3 is 15.4 Å². The van der Waals surface area contributed by atoms with E-state index in [2.05, 4.69) is 25.7 Å². The Balaban J connectivity index is 1.71. The SMILES string of the molecule is CCOC(=O)c1cnc(-n2nc(C)cc2C)nc1Nc1ccccc1C(=O)Nc1ccc(F)cc1. The summed E-state index contributed by atoms with van der Waals surface area (Å²) in [6.07, 6.45) is 1.36. The lowest BCUT2D eigenvalue weighted by Gasteiger charge is -2.15. The molecule has 0 radical (unpaired) electrons. The predicted octanol–water partition coefficient (Wildman–Crippen LogP) is 4.59. The van der Waals surface area contributed by atoms with Crippen molar-refractivity contribution in [1.82, 2.24) is 19.7 Å². The Kier molecular flexibility index (Phi) is 6.81. The number of carbonyl (C=O) groups is 2. The zero-order valence-corrected chi connectivity index (χ0v) is 19.4. The number of hydrogen-bond acceptors (Lipinski definition) is 7. The van der Waals surface area contributed by atoms with E-state index in [0.717, 1.165) is 11.4 Å².